The van der Waals surface area contributed by atoms with Gasteiger partial charge in [0.2, 0.25) is 0 Å². The van der Waals surface area contributed by atoms with Gasteiger partial charge < -0.3 is 14.9 Å². The summed E-state index contributed by atoms with van der Waals surface area (Å²) in [7, 11) is 0. The van der Waals surface area contributed by atoms with E-state index in [2.05, 4.69) is 191 Å². The molecular weight excluding hydrogens is 595 g/mol. The summed E-state index contributed by atoms with van der Waals surface area (Å²) in [5.74, 6) is 0. The fourth-order valence-corrected chi connectivity index (χ4v) is 7.57. The molecule has 8 aromatic carbocycles. The zero-order valence-electron chi connectivity index (χ0n) is 26.7. The number of hydrogen-bond acceptors (Lipinski definition) is 1. The summed E-state index contributed by atoms with van der Waals surface area (Å²) < 4.78 is 2.37. The molecule has 0 unspecified atom stereocenters. The molecule has 10 aromatic rings. The second-order valence-electron chi connectivity index (χ2n) is 12.8. The monoisotopic (exact) mass is 625 g/mol. The van der Waals surface area contributed by atoms with Crippen LogP contribution in [-0.2, 0) is 0 Å². The number of H-pyrrole nitrogens is 1. The van der Waals surface area contributed by atoms with Gasteiger partial charge in [0, 0.05) is 60.6 Å². The molecule has 3 heteroatoms. The summed E-state index contributed by atoms with van der Waals surface area (Å²) in [6.45, 7) is 0. The zero-order chi connectivity index (χ0) is 32.3. The Balaban J connectivity index is 1.17. The van der Waals surface area contributed by atoms with E-state index in [1.54, 1.807) is 0 Å². The average Bonchev–Trinajstić information content (AvgIpc) is 3.70. The molecule has 230 valence electrons. The minimum atomic E-state index is 1.07. The van der Waals surface area contributed by atoms with Crippen LogP contribution in [0.4, 0.5) is 11.4 Å². The van der Waals surface area contributed by atoms with E-state index >= 15 is 0 Å². The highest BCUT2D eigenvalue weighted by atomic mass is 15.0. The number of benzene rings is 8. The van der Waals surface area contributed by atoms with Gasteiger partial charge in [-0.05, 0) is 88.8 Å². The summed E-state index contributed by atoms with van der Waals surface area (Å²) in [4.78, 5) is 3.60. The van der Waals surface area contributed by atoms with Crippen molar-refractivity contribution in [3.63, 3.8) is 0 Å². The second kappa shape index (κ2) is 11.0. The van der Waals surface area contributed by atoms with E-state index in [0.29, 0.717) is 0 Å². The van der Waals surface area contributed by atoms with Crippen LogP contribution in [0.3, 0.4) is 0 Å². The van der Waals surface area contributed by atoms with Crippen molar-refractivity contribution >= 4 is 65.8 Å². The van der Waals surface area contributed by atoms with Gasteiger partial charge in [0.15, 0.2) is 0 Å². The van der Waals surface area contributed by atoms with Gasteiger partial charge in [-0.1, -0.05) is 109 Å². The molecule has 0 aliphatic heterocycles. The maximum atomic E-state index is 3.84. The molecule has 2 heterocycles. The molecule has 0 bridgehead atoms. The number of nitrogens with zero attached hydrogens (tertiary/aromatic N) is 1. The number of hydrogen-bond donors (Lipinski definition) is 2. The van der Waals surface area contributed by atoms with E-state index < -0.39 is 0 Å². The fraction of sp³-hybridized carbons (Fsp3) is 0. The molecule has 0 saturated carbocycles. The molecule has 0 atom stereocenters. The smallest absolute Gasteiger partial charge is 0.0541 e. The Morgan fingerprint density at radius 1 is 0.388 bits per heavy atom. The molecule has 0 spiro atoms. The molecule has 49 heavy (non-hydrogen) atoms. The molecule has 0 amide bonds. The summed E-state index contributed by atoms with van der Waals surface area (Å²) in [5, 5.41) is 11.2. The van der Waals surface area contributed by atoms with Gasteiger partial charge >= 0.3 is 0 Å². The SMILES string of the molecule is c1ccc(-n2c3ccccc3c3cc(-c4ccc(Nc5cccc6ccccc56)c(-c5ccc6[nH]c7ccccc7c6c5)c4)ccc32)cc1. The maximum Gasteiger partial charge on any atom is 0.0541 e. The summed E-state index contributed by atoms with van der Waals surface area (Å²) >= 11 is 0. The van der Waals surface area contributed by atoms with Gasteiger partial charge in [0.05, 0.1) is 11.0 Å². The molecule has 2 N–H and O–H groups in total. The van der Waals surface area contributed by atoms with Crippen LogP contribution >= 0.6 is 0 Å². The molecule has 0 radical (unpaired) electrons. The lowest BCUT2D eigenvalue weighted by Gasteiger charge is -2.16. The number of aromatic amines is 1. The normalized spacial score (nSPS) is 11.7. The van der Waals surface area contributed by atoms with Crippen molar-refractivity contribution in [1.82, 2.24) is 9.55 Å². The Labute approximate surface area is 283 Å². The van der Waals surface area contributed by atoms with Crippen LogP contribution < -0.4 is 5.32 Å². The summed E-state index contributed by atoms with van der Waals surface area (Å²) in [6.07, 6.45) is 0. The third-order valence-electron chi connectivity index (χ3n) is 9.92. The first-order valence-electron chi connectivity index (χ1n) is 16.8. The molecule has 3 nitrogen and oxygen atoms in total. The second-order valence-corrected chi connectivity index (χ2v) is 12.8. The summed E-state index contributed by atoms with van der Waals surface area (Å²) in [5.41, 5.74) is 12.7. The molecule has 10 rings (SSSR count). The van der Waals surface area contributed by atoms with Crippen LogP contribution in [0, 0.1) is 0 Å². The van der Waals surface area contributed by atoms with Gasteiger partial charge in [-0.25, -0.2) is 0 Å². The molecule has 0 saturated heterocycles. The number of nitrogens with one attached hydrogen (secondary N) is 2. The Hall–Kier alpha value is -6.58. The van der Waals surface area contributed by atoms with Gasteiger partial charge in [-0.15, -0.1) is 0 Å². The van der Waals surface area contributed by atoms with Crippen molar-refractivity contribution in [2.24, 2.45) is 0 Å². The van der Waals surface area contributed by atoms with Crippen LogP contribution in [0.1, 0.15) is 0 Å². The van der Waals surface area contributed by atoms with Crippen molar-refractivity contribution in [2.45, 2.75) is 0 Å². The van der Waals surface area contributed by atoms with Crippen molar-refractivity contribution in [1.29, 1.82) is 0 Å². The van der Waals surface area contributed by atoms with Gasteiger partial charge in [-0.3, -0.25) is 0 Å². The average molecular weight is 626 g/mol. The van der Waals surface area contributed by atoms with E-state index in [1.165, 1.54) is 65.7 Å². The first kappa shape index (κ1) is 27.5. The minimum Gasteiger partial charge on any atom is -0.355 e. The molecule has 2 aromatic heterocycles. The third-order valence-corrected chi connectivity index (χ3v) is 9.92. The lowest BCUT2D eigenvalue weighted by molar-refractivity contribution is 1.18. The fourth-order valence-electron chi connectivity index (χ4n) is 7.57. The zero-order valence-corrected chi connectivity index (χ0v) is 26.7. The van der Waals surface area contributed by atoms with Crippen molar-refractivity contribution in [2.75, 3.05) is 5.32 Å². The molecular formula is C46H31N3. The van der Waals surface area contributed by atoms with E-state index in [0.717, 1.165) is 28.0 Å². The minimum absolute atomic E-state index is 1.07. The highest BCUT2D eigenvalue weighted by molar-refractivity contribution is 6.11. The van der Waals surface area contributed by atoms with Crippen molar-refractivity contribution in [3.8, 4) is 27.9 Å². The number of aromatic nitrogens is 2. The number of anilines is 2. The number of para-hydroxylation sites is 3. The van der Waals surface area contributed by atoms with Crippen LogP contribution in [0.15, 0.2) is 176 Å². The van der Waals surface area contributed by atoms with Gasteiger partial charge in [-0.2, -0.15) is 0 Å². The third kappa shape index (κ3) is 4.51. The van der Waals surface area contributed by atoms with E-state index in [9.17, 15) is 0 Å². The summed E-state index contributed by atoms with van der Waals surface area (Å²) in [6, 6.07) is 63.4. The predicted molar refractivity (Wildman–Crippen MR) is 208 cm³/mol. The first-order chi connectivity index (χ1) is 24.3. The van der Waals surface area contributed by atoms with E-state index in [-0.39, 0.29) is 0 Å². The molecule has 0 aliphatic rings. The first-order valence-corrected chi connectivity index (χ1v) is 16.8. The number of fused-ring (bicyclic) bond motifs is 7. The highest BCUT2D eigenvalue weighted by Crippen LogP contribution is 2.40. The van der Waals surface area contributed by atoms with Crippen LogP contribution in [0.5, 0.6) is 0 Å². The van der Waals surface area contributed by atoms with Crippen LogP contribution in [-0.4, -0.2) is 9.55 Å². The Bertz CT molecular complexity index is 2850. The van der Waals surface area contributed by atoms with Crippen LogP contribution in [0.25, 0.3) is 82.3 Å². The molecule has 0 fully saturated rings. The van der Waals surface area contributed by atoms with Crippen LogP contribution in [0.2, 0.25) is 0 Å². The molecule has 0 aliphatic carbocycles. The quantitative estimate of drug-likeness (QED) is 0.196. The number of rotatable bonds is 5. The maximum absolute atomic E-state index is 3.84. The Morgan fingerprint density at radius 3 is 1.96 bits per heavy atom. The van der Waals surface area contributed by atoms with E-state index in [4.69, 9.17) is 0 Å². The van der Waals surface area contributed by atoms with Crippen molar-refractivity contribution < 1.29 is 0 Å². The predicted octanol–water partition coefficient (Wildman–Crippen LogP) is 12.6. The highest BCUT2D eigenvalue weighted by Gasteiger charge is 2.16. The lowest BCUT2D eigenvalue weighted by Crippen LogP contribution is -1.95. The van der Waals surface area contributed by atoms with E-state index in [1.807, 2.05) is 0 Å². The Kier molecular flexibility index (Phi) is 6.18. The van der Waals surface area contributed by atoms with Crippen molar-refractivity contribution in [3.05, 3.63) is 176 Å². The largest absolute Gasteiger partial charge is 0.355 e. The lowest BCUT2D eigenvalue weighted by atomic mass is 9.95. The topological polar surface area (TPSA) is 32.8 Å². The van der Waals surface area contributed by atoms with Gasteiger partial charge in [0.1, 0.15) is 0 Å². The van der Waals surface area contributed by atoms with Gasteiger partial charge in [0.25, 0.3) is 0 Å². The Morgan fingerprint density at radius 2 is 1.04 bits per heavy atom. The standard InChI is InChI=1S/C46H31N3/c1-2-13-34(14-3-1)49-45-20-9-7-17-37(45)40-28-32(23-26-46(40)49)31-21-24-43(47-41-19-10-12-30-11-4-5-15-35(30)41)38(27-31)33-22-25-44-39(29-33)36-16-6-8-18-42(36)48-44/h1-29,47-48H.